The number of aromatic nitrogens is 2. The van der Waals surface area contributed by atoms with Crippen LogP contribution in [-0.4, -0.2) is 28.7 Å². The Labute approximate surface area is 115 Å². The molecule has 2 amide bonds. The van der Waals surface area contributed by atoms with Crippen molar-refractivity contribution >= 4 is 6.03 Å². The van der Waals surface area contributed by atoms with Gasteiger partial charge in [0.2, 0.25) is 0 Å². The molecule has 0 aliphatic carbocycles. The molecule has 0 saturated heterocycles. The number of carbonyl (C=O) groups excluding carboxylic acids is 1. The van der Waals surface area contributed by atoms with Gasteiger partial charge in [0, 0.05) is 37.4 Å². The lowest BCUT2D eigenvalue weighted by atomic mass is 10.2. The highest BCUT2D eigenvalue weighted by Crippen LogP contribution is 2.12. The van der Waals surface area contributed by atoms with Crippen LogP contribution in [0.15, 0.2) is 6.20 Å². The Morgan fingerprint density at radius 1 is 1.32 bits per heavy atom. The molecule has 0 spiro atoms. The molecule has 108 valence electrons. The van der Waals surface area contributed by atoms with Gasteiger partial charge in [0.05, 0.1) is 0 Å². The highest BCUT2D eigenvalue weighted by atomic mass is 16.2. The number of amides is 2. The van der Waals surface area contributed by atoms with E-state index in [4.69, 9.17) is 0 Å². The maximum Gasteiger partial charge on any atom is 0.314 e. The summed E-state index contributed by atoms with van der Waals surface area (Å²) in [4.78, 5) is 15.9. The minimum atomic E-state index is -0.104. The second kappa shape index (κ2) is 7.16. The molecule has 0 unspecified atom stereocenters. The van der Waals surface area contributed by atoms with Crippen LogP contribution in [0.1, 0.15) is 45.3 Å². The number of nitrogens with one attached hydrogen (secondary N) is 2. The fraction of sp³-hybridized carbons (Fsp3) is 0.714. The molecule has 0 radical (unpaired) electrons. The lowest BCUT2D eigenvalue weighted by molar-refractivity contribution is 0.239. The summed E-state index contributed by atoms with van der Waals surface area (Å²) in [7, 11) is 0. The van der Waals surface area contributed by atoms with Gasteiger partial charge < -0.3 is 15.2 Å². The largest absolute Gasteiger partial charge is 0.338 e. The highest BCUT2D eigenvalue weighted by molar-refractivity contribution is 5.73. The Morgan fingerprint density at radius 3 is 2.58 bits per heavy atom. The highest BCUT2D eigenvalue weighted by Gasteiger charge is 2.10. The first-order valence-electron chi connectivity index (χ1n) is 6.96. The van der Waals surface area contributed by atoms with Gasteiger partial charge in [0.1, 0.15) is 5.82 Å². The van der Waals surface area contributed by atoms with E-state index >= 15 is 0 Å². The van der Waals surface area contributed by atoms with Gasteiger partial charge in [-0.15, -0.1) is 0 Å². The van der Waals surface area contributed by atoms with E-state index in [2.05, 4.69) is 54.8 Å². The van der Waals surface area contributed by atoms with E-state index in [9.17, 15) is 4.79 Å². The van der Waals surface area contributed by atoms with E-state index in [1.54, 1.807) is 0 Å². The molecule has 5 nitrogen and oxygen atoms in total. The molecule has 0 atom stereocenters. The van der Waals surface area contributed by atoms with E-state index in [-0.39, 0.29) is 6.03 Å². The maximum atomic E-state index is 11.5. The smallest absolute Gasteiger partial charge is 0.314 e. The van der Waals surface area contributed by atoms with Crippen LogP contribution in [0.3, 0.4) is 0 Å². The number of urea groups is 1. The molecule has 0 aliphatic heterocycles. The molecule has 1 aromatic heterocycles. The van der Waals surface area contributed by atoms with Crippen LogP contribution in [-0.2, 0) is 6.42 Å². The average molecular weight is 266 g/mol. The lowest BCUT2D eigenvalue weighted by Crippen LogP contribution is -2.38. The Bertz CT molecular complexity index is 410. The molecule has 19 heavy (non-hydrogen) atoms. The van der Waals surface area contributed by atoms with Crippen molar-refractivity contribution in [2.45, 2.75) is 47.1 Å². The van der Waals surface area contributed by atoms with E-state index in [0.717, 1.165) is 17.9 Å². The summed E-state index contributed by atoms with van der Waals surface area (Å²) in [5, 5.41) is 5.69. The van der Waals surface area contributed by atoms with Crippen LogP contribution in [0, 0.1) is 12.8 Å². The van der Waals surface area contributed by atoms with Gasteiger partial charge in [0.15, 0.2) is 0 Å². The second-order valence-corrected chi connectivity index (χ2v) is 5.56. The molecule has 1 rings (SSSR count). The quantitative estimate of drug-likeness (QED) is 0.830. The first-order chi connectivity index (χ1) is 8.91. The van der Waals surface area contributed by atoms with E-state index in [1.165, 1.54) is 0 Å². The maximum absolute atomic E-state index is 11.5. The molecule has 0 saturated carbocycles. The first-order valence-corrected chi connectivity index (χ1v) is 6.96. The van der Waals surface area contributed by atoms with Crippen LogP contribution in [0.4, 0.5) is 4.79 Å². The molecule has 0 aromatic carbocycles. The molecular formula is C14H26N4O. The van der Waals surface area contributed by atoms with Gasteiger partial charge >= 0.3 is 6.03 Å². The first kappa shape index (κ1) is 15.5. The monoisotopic (exact) mass is 266 g/mol. The van der Waals surface area contributed by atoms with Crippen LogP contribution in [0.25, 0.3) is 0 Å². The number of hydrogen-bond donors (Lipinski definition) is 2. The average Bonchev–Trinajstić information content (AvgIpc) is 2.68. The minimum Gasteiger partial charge on any atom is -0.338 e. The Morgan fingerprint density at radius 2 is 2.00 bits per heavy atom. The third-order valence-corrected chi connectivity index (χ3v) is 2.88. The van der Waals surface area contributed by atoms with Crippen LogP contribution in [0.2, 0.25) is 0 Å². The number of carbonyl (C=O) groups is 1. The summed E-state index contributed by atoms with van der Waals surface area (Å²) < 4.78 is 2.20. The second-order valence-electron chi connectivity index (χ2n) is 5.56. The third-order valence-electron chi connectivity index (χ3n) is 2.88. The SMILES string of the molecule is Cc1cnc(CCNC(=O)NCC(C)C)n1C(C)C. The zero-order valence-electron chi connectivity index (χ0n) is 12.7. The van der Waals surface area contributed by atoms with Crippen molar-refractivity contribution in [3.63, 3.8) is 0 Å². The zero-order chi connectivity index (χ0) is 14.4. The molecule has 5 heteroatoms. The predicted octanol–water partition coefficient (Wildman–Crippen LogP) is 2.27. The standard InChI is InChI=1S/C14H26N4O/c1-10(2)8-17-14(19)15-7-6-13-16-9-12(5)18(13)11(3)4/h9-11H,6-8H2,1-5H3,(H2,15,17,19). The number of hydrogen-bond acceptors (Lipinski definition) is 2. The summed E-state index contributed by atoms with van der Waals surface area (Å²) >= 11 is 0. The van der Waals surface area contributed by atoms with Gasteiger partial charge in [-0.25, -0.2) is 9.78 Å². The van der Waals surface area contributed by atoms with Gasteiger partial charge in [-0.1, -0.05) is 13.8 Å². The van der Waals surface area contributed by atoms with Gasteiger partial charge in [-0.05, 0) is 26.7 Å². The predicted molar refractivity (Wildman–Crippen MR) is 77.3 cm³/mol. The fourth-order valence-electron chi connectivity index (χ4n) is 2.03. The third kappa shape index (κ3) is 4.93. The van der Waals surface area contributed by atoms with Gasteiger partial charge in [-0.3, -0.25) is 0 Å². The molecule has 1 aromatic rings. The fourth-order valence-corrected chi connectivity index (χ4v) is 2.03. The van der Waals surface area contributed by atoms with E-state index < -0.39 is 0 Å². The van der Waals surface area contributed by atoms with E-state index in [1.807, 2.05) is 6.20 Å². The van der Waals surface area contributed by atoms with Gasteiger partial charge in [-0.2, -0.15) is 0 Å². The van der Waals surface area contributed by atoms with Crippen molar-refractivity contribution in [2.75, 3.05) is 13.1 Å². The Hall–Kier alpha value is -1.52. The Balaban J connectivity index is 2.39. The Kier molecular flexibility index (Phi) is 5.86. The lowest BCUT2D eigenvalue weighted by Gasteiger charge is -2.14. The van der Waals surface area contributed by atoms with Crippen molar-refractivity contribution in [3.8, 4) is 0 Å². The summed E-state index contributed by atoms with van der Waals surface area (Å²) in [6.07, 6.45) is 2.63. The summed E-state index contributed by atoms with van der Waals surface area (Å²) in [6.45, 7) is 11.8. The molecule has 0 bridgehead atoms. The number of rotatable bonds is 6. The number of aryl methyl sites for hydroxylation is 1. The normalized spacial score (nSPS) is 11.1. The number of imidazole rings is 1. The minimum absolute atomic E-state index is 0.104. The molecule has 1 heterocycles. The van der Waals surface area contributed by atoms with Crippen LogP contribution >= 0.6 is 0 Å². The molecule has 2 N–H and O–H groups in total. The van der Waals surface area contributed by atoms with E-state index in [0.29, 0.717) is 25.0 Å². The molecule has 0 aliphatic rings. The van der Waals surface area contributed by atoms with Gasteiger partial charge in [0.25, 0.3) is 0 Å². The zero-order valence-corrected chi connectivity index (χ0v) is 12.7. The van der Waals surface area contributed by atoms with Crippen LogP contribution in [0.5, 0.6) is 0 Å². The van der Waals surface area contributed by atoms with Crippen molar-refractivity contribution in [1.82, 2.24) is 20.2 Å². The molecular weight excluding hydrogens is 240 g/mol. The van der Waals surface area contributed by atoms with Crippen LogP contribution < -0.4 is 10.6 Å². The number of nitrogens with zero attached hydrogens (tertiary/aromatic N) is 2. The topological polar surface area (TPSA) is 59.0 Å². The molecule has 0 fully saturated rings. The van der Waals surface area contributed by atoms with Crippen molar-refractivity contribution in [2.24, 2.45) is 5.92 Å². The van der Waals surface area contributed by atoms with Crippen molar-refractivity contribution in [1.29, 1.82) is 0 Å². The summed E-state index contributed by atoms with van der Waals surface area (Å²) in [5.41, 5.74) is 1.16. The summed E-state index contributed by atoms with van der Waals surface area (Å²) in [6, 6.07) is 0.292. The van der Waals surface area contributed by atoms with Crippen molar-refractivity contribution in [3.05, 3.63) is 17.7 Å². The summed E-state index contributed by atoms with van der Waals surface area (Å²) in [5.74, 6) is 1.49. The van der Waals surface area contributed by atoms with Crippen molar-refractivity contribution < 1.29 is 4.79 Å².